The van der Waals surface area contributed by atoms with Crippen LogP contribution in [0.1, 0.15) is 16.9 Å². The number of benzene rings is 2. The Bertz CT molecular complexity index is 1020. The van der Waals surface area contributed by atoms with Crippen LogP contribution in [-0.4, -0.2) is 36.1 Å². The first-order valence-electron chi connectivity index (χ1n) is 8.97. The van der Waals surface area contributed by atoms with Crippen LogP contribution < -0.4 is 20.5 Å². The van der Waals surface area contributed by atoms with Crippen LogP contribution in [0.25, 0.3) is 11.3 Å². The number of halogens is 1. The van der Waals surface area contributed by atoms with Crippen molar-refractivity contribution in [2.75, 3.05) is 20.3 Å². The topological polar surface area (TPSA) is 93.3 Å². The minimum Gasteiger partial charge on any atom is -0.497 e. The summed E-state index contributed by atoms with van der Waals surface area (Å²) in [6, 6.07) is 14.2. The molecule has 0 saturated heterocycles. The van der Waals surface area contributed by atoms with Crippen LogP contribution in [0.4, 0.5) is 4.39 Å². The van der Waals surface area contributed by atoms with Gasteiger partial charge in [-0.25, -0.2) is 9.18 Å². The van der Waals surface area contributed by atoms with E-state index in [9.17, 15) is 14.0 Å². The minimum absolute atomic E-state index is 0.121. The first-order valence-corrected chi connectivity index (χ1v) is 8.97. The zero-order chi connectivity index (χ0) is 20.6. The van der Waals surface area contributed by atoms with Gasteiger partial charge in [0.1, 0.15) is 23.0 Å². The van der Waals surface area contributed by atoms with Gasteiger partial charge in [0.15, 0.2) is 0 Å². The molecule has 29 heavy (non-hydrogen) atoms. The van der Waals surface area contributed by atoms with E-state index >= 15 is 0 Å². The monoisotopic (exact) mass is 397 g/mol. The lowest BCUT2D eigenvalue weighted by atomic mass is 10.1. The Balaban J connectivity index is 1.55. The molecule has 3 aromatic rings. The molecule has 7 nitrogen and oxygen atoms in total. The molecule has 0 saturated carbocycles. The molecule has 1 aromatic heterocycles. The van der Waals surface area contributed by atoms with E-state index < -0.39 is 11.6 Å². The van der Waals surface area contributed by atoms with Gasteiger partial charge in [-0.1, -0.05) is 0 Å². The molecule has 2 N–H and O–H groups in total. The van der Waals surface area contributed by atoms with Crippen molar-refractivity contribution in [3.63, 3.8) is 0 Å². The fourth-order valence-electron chi connectivity index (χ4n) is 2.58. The Kier molecular flexibility index (Phi) is 6.57. The summed E-state index contributed by atoms with van der Waals surface area (Å²) in [7, 11) is 1.56. The highest BCUT2D eigenvalue weighted by molar-refractivity contribution is 5.93. The highest BCUT2D eigenvalue weighted by Crippen LogP contribution is 2.20. The van der Waals surface area contributed by atoms with E-state index in [1.807, 2.05) is 0 Å². The van der Waals surface area contributed by atoms with Gasteiger partial charge in [0, 0.05) is 12.1 Å². The summed E-state index contributed by atoms with van der Waals surface area (Å²) in [5.74, 6) is 0.491. The maximum Gasteiger partial charge on any atom is 0.346 e. The normalized spacial score (nSPS) is 10.4. The average molecular weight is 397 g/mol. The van der Waals surface area contributed by atoms with Crippen LogP contribution in [0.2, 0.25) is 0 Å². The average Bonchev–Trinajstić information content (AvgIpc) is 2.74. The molecule has 0 radical (unpaired) electrons. The first kappa shape index (κ1) is 20.1. The molecule has 1 amide bonds. The van der Waals surface area contributed by atoms with Crippen LogP contribution in [0, 0.1) is 5.82 Å². The van der Waals surface area contributed by atoms with Gasteiger partial charge in [-0.05, 0) is 61.0 Å². The Hall–Kier alpha value is -3.68. The van der Waals surface area contributed by atoms with Crippen molar-refractivity contribution in [2.45, 2.75) is 6.42 Å². The van der Waals surface area contributed by atoms with Crippen molar-refractivity contribution >= 4 is 5.91 Å². The van der Waals surface area contributed by atoms with Gasteiger partial charge < -0.3 is 19.8 Å². The number of ether oxygens (including phenoxy) is 2. The summed E-state index contributed by atoms with van der Waals surface area (Å²) in [5.41, 5.74) is 0.596. The van der Waals surface area contributed by atoms with Crippen molar-refractivity contribution < 1.29 is 18.7 Å². The van der Waals surface area contributed by atoms with E-state index in [4.69, 9.17) is 9.47 Å². The Morgan fingerprint density at radius 2 is 1.79 bits per heavy atom. The van der Waals surface area contributed by atoms with Crippen molar-refractivity contribution in [1.29, 1.82) is 0 Å². The van der Waals surface area contributed by atoms with Gasteiger partial charge in [0.05, 0.1) is 19.4 Å². The molecule has 0 fully saturated rings. The van der Waals surface area contributed by atoms with Gasteiger partial charge in [0.2, 0.25) is 0 Å². The number of hydrogen-bond acceptors (Lipinski definition) is 5. The standard InChI is InChI=1S/C21H20FN3O4/c1-28-16-7-3-14(4-8-16)18-13-19(25-21(27)24-18)20(26)23-11-2-12-29-17-9-5-15(22)6-10-17/h3-10,13H,2,11-12H2,1H3,(H,23,26)(H,24,25,27). The molecule has 0 unspecified atom stereocenters. The molecule has 8 heteroatoms. The second-order valence-electron chi connectivity index (χ2n) is 6.13. The Labute approximate surface area is 166 Å². The summed E-state index contributed by atoms with van der Waals surface area (Å²) >= 11 is 0. The molecule has 2 aromatic carbocycles. The number of aromatic nitrogens is 2. The molecular formula is C21H20FN3O4. The van der Waals surface area contributed by atoms with Crippen molar-refractivity contribution in [1.82, 2.24) is 15.3 Å². The second-order valence-corrected chi connectivity index (χ2v) is 6.13. The number of nitrogens with zero attached hydrogens (tertiary/aromatic N) is 1. The number of hydrogen-bond donors (Lipinski definition) is 2. The summed E-state index contributed by atoms with van der Waals surface area (Å²) in [4.78, 5) is 30.5. The lowest BCUT2D eigenvalue weighted by Crippen LogP contribution is -2.29. The molecule has 0 aliphatic heterocycles. The van der Waals surface area contributed by atoms with Gasteiger partial charge in [-0.15, -0.1) is 0 Å². The number of carbonyl (C=O) groups is 1. The highest BCUT2D eigenvalue weighted by Gasteiger charge is 2.10. The Morgan fingerprint density at radius 1 is 1.10 bits per heavy atom. The number of amides is 1. The van der Waals surface area contributed by atoms with E-state index in [1.54, 1.807) is 31.4 Å². The van der Waals surface area contributed by atoms with E-state index in [1.165, 1.54) is 30.3 Å². The largest absolute Gasteiger partial charge is 0.497 e. The third-order valence-corrected chi connectivity index (χ3v) is 4.06. The lowest BCUT2D eigenvalue weighted by molar-refractivity contribution is 0.0946. The number of rotatable bonds is 8. The van der Waals surface area contributed by atoms with Crippen molar-refractivity contribution in [2.24, 2.45) is 0 Å². The zero-order valence-electron chi connectivity index (χ0n) is 15.8. The molecular weight excluding hydrogens is 377 g/mol. The van der Waals surface area contributed by atoms with Crippen molar-refractivity contribution in [3.8, 4) is 22.8 Å². The number of H-pyrrole nitrogens is 1. The first-order chi connectivity index (χ1) is 14.0. The molecule has 0 spiro atoms. The third-order valence-electron chi connectivity index (χ3n) is 4.06. The molecule has 0 aliphatic carbocycles. The number of nitrogens with one attached hydrogen (secondary N) is 2. The number of carbonyl (C=O) groups excluding carboxylic acids is 1. The van der Waals surface area contributed by atoms with Crippen LogP contribution in [-0.2, 0) is 0 Å². The fraction of sp³-hybridized carbons (Fsp3) is 0.190. The van der Waals surface area contributed by atoms with Crippen LogP contribution >= 0.6 is 0 Å². The molecule has 1 heterocycles. The summed E-state index contributed by atoms with van der Waals surface area (Å²) in [6.45, 7) is 0.706. The predicted molar refractivity (Wildman–Crippen MR) is 106 cm³/mol. The SMILES string of the molecule is COc1ccc(-c2cc(C(=O)NCCCOc3ccc(F)cc3)[nH]c(=O)n2)cc1. The van der Waals surface area contributed by atoms with Gasteiger partial charge in [-0.2, -0.15) is 4.98 Å². The maximum absolute atomic E-state index is 12.8. The maximum atomic E-state index is 12.8. The predicted octanol–water partition coefficient (Wildman–Crippen LogP) is 2.78. The van der Waals surface area contributed by atoms with E-state index in [-0.39, 0.29) is 11.5 Å². The lowest BCUT2D eigenvalue weighted by Gasteiger charge is -2.08. The minimum atomic E-state index is -0.608. The molecule has 3 rings (SSSR count). The van der Waals surface area contributed by atoms with E-state index in [0.717, 1.165) is 0 Å². The van der Waals surface area contributed by atoms with Crippen LogP contribution in [0.5, 0.6) is 11.5 Å². The number of methoxy groups -OCH3 is 1. The van der Waals surface area contributed by atoms with Crippen LogP contribution in [0.15, 0.2) is 59.4 Å². The Morgan fingerprint density at radius 3 is 2.48 bits per heavy atom. The summed E-state index contributed by atoms with van der Waals surface area (Å²) in [5, 5.41) is 2.72. The van der Waals surface area contributed by atoms with Gasteiger partial charge in [0.25, 0.3) is 5.91 Å². The zero-order valence-corrected chi connectivity index (χ0v) is 15.8. The van der Waals surface area contributed by atoms with Gasteiger partial charge in [-0.3, -0.25) is 4.79 Å². The third kappa shape index (κ3) is 5.65. The van der Waals surface area contributed by atoms with Gasteiger partial charge >= 0.3 is 5.69 Å². The second kappa shape index (κ2) is 9.50. The van der Waals surface area contributed by atoms with E-state index in [2.05, 4.69) is 15.3 Å². The van der Waals surface area contributed by atoms with Crippen LogP contribution in [0.3, 0.4) is 0 Å². The molecule has 0 atom stereocenters. The number of aromatic amines is 1. The fourth-order valence-corrected chi connectivity index (χ4v) is 2.58. The van der Waals surface area contributed by atoms with Crippen molar-refractivity contribution in [3.05, 3.63) is 76.6 Å². The highest BCUT2D eigenvalue weighted by atomic mass is 19.1. The quantitative estimate of drug-likeness (QED) is 0.570. The summed E-state index contributed by atoms with van der Waals surface area (Å²) in [6.07, 6.45) is 0.545. The smallest absolute Gasteiger partial charge is 0.346 e. The van der Waals surface area contributed by atoms with E-state index in [0.29, 0.717) is 42.3 Å². The molecule has 150 valence electrons. The summed E-state index contributed by atoms with van der Waals surface area (Å²) < 4.78 is 23.4. The molecule has 0 aliphatic rings. The molecule has 0 bridgehead atoms.